The zero-order valence-electron chi connectivity index (χ0n) is 10.3. The third-order valence-electron chi connectivity index (χ3n) is 2.56. The van der Waals surface area contributed by atoms with E-state index in [0.717, 1.165) is 44.5 Å². The second-order valence-corrected chi connectivity index (χ2v) is 6.60. The van der Waals surface area contributed by atoms with Gasteiger partial charge in [-0.25, -0.2) is 13.4 Å². The van der Waals surface area contributed by atoms with Crippen molar-refractivity contribution < 1.29 is 8.42 Å². The molecule has 0 unspecified atom stereocenters. The highest BCUT2D eigenvalue weighted by Gasteiger charge is 2.17. The fraction of sp³-hybridized carbons (Fsp3) is 0.727. The number of imidazole rings is 1. The van der Waals surface area contributed by atoms with Crippen LogP contribution in [0, 0.1) is 0 Å². The molecular formula is C11H19ClN2O2S. The molecule has 0 bridgehead atoms. The number of nitrogens with zero attached hydrogens (tertiary/aromatic N) is 2. The fourth-order valence-corrected chi connectivity index (χ4v) is 2.39. The van der Waals surface area contributed by atoms with Crippen LogP contribution in [0.15, 0.2) is 11.2 Å². The Hall–Kier alpha value is -0.550. The van der Waals surface area contributed by atoms with Crippen molar-refractivity contribution in [3.8, 4) is 0 Å². The van der Waals surface area contributed by atoms with Gasteiger partial charge in [-0.05, 0) is 12.8 Å². The lowest BCUT2D eigenvalue weighted by Gasteiger charge is -2.05. The van der Waals surface area contributed by atoms with Crippen LogP contribution < -0.4 is 0 Å². The van der Waals surface area contributed by atoms with Crippen LogP contribution in [0.2, 0.25) is 0 Å². The minimum atomic E-state index is -3.71. The molecule has 0 radical (unpaired) electrons. The van der Waals surface area contributed by atoms with Crippen molar-refractivity contribution in [1.29, 1.82) is 0 Å². The SMILES string of the molecule is CCCCCn1cc(S(=O)(=O)Cl)nc1CCC. The van der Waals surface area contributed by atoms with E-state index in [1.165, 1.54) is 0 Å². The summed E-state index contributed by atoms with van der Waals surface area (Å²) in [6.45, 7) is 4.98. The molecule has 0 N–H and O–H groups in total. The molecule has 0 spiro atoms. The molecular weight excluding hydrogens is 260 g/mol. The smallest absolute Gasteiger partial charge is 0.280 e. The molecule has 1 heterocycles. The molecule has 17 heavy (non-hydrogen) atoms. The van der Waals surface area contributed by atoms with E-state index < -0.39 is 9.05 Å². The van der Waals surface area contributed by atoms with E-state index in [1.54, 1.807) is 6.20 Å². The summed E-state index contributed by atoms with van der Waals surface area (Å²) in [5, 5.41) is -0.0286. The summed E-state index contributed by atoms with van der Waals surface area (Å²) in [5.41, 5.74) is 0. The molecule has 0 saturated carbocycles. The van der Waals surface area contributed by atoms with Gasteiger partial charge in [-0.1, -0.05) is 26.7 Å². The van der Waals surface area contributed by atoms with Crippen molar-refractivity contribution in [3.63, 3.8) is 0 Å². The highest BCUT2D eigenvalue weighted by Crippen LogP contribution is 2.16. The third kappa shape index (κ3) is 4.32. The van der Waals surface area contributed by atoms with Gasteiger partial charge in [-0.3, -0.25) is 0 Å². The topological polar surface area (TPSA) is 52.0 Å². The van der Waals surface area contributed by atoms with Crippen LogP contribution in [0.5, 0.6) is 0 Å². The molecule has 0 aliphatic rings. The largest absolute Gasteiger partial charge is 0.333 e. The van der Waals surface area contributed by atoms with Gasteiger partial charge in [0.25, 0.3) is 9.05 Å². The Morgan fingerprint density at radius 2 is 2.00 bits per heavy atom. The average Bonchev–Trinajstić information content (AvgIpc) is 2.62. The van der Waals surface area contributed by atoms with Gasteiger partial charge in [0, 0.05) is 29.8 Å². The number of unbranched alkanes of at least 4 members (excludes halogenated alkanes) is 2. The predicted molar refractivity (Wildman–Crippen MR) is 68.8 cm³/mol. The number of aryl methyl sites for hydroxylation is 2. The van der Waals surface area contributed by atoms with Crippen LogP contribution >= 0.6 is 10.7 Å². The number of hydrogen-bond donors (Lipinski definition) is 0. The molecule has 98 valence electrons. The maximum Gasteiger partial charge on any atom is 0.280 e. The number of aromatic nitrogens is 2. The van der Waals surface area contributed by atoms with Gasteiger partial charge >= 0.3 is 0 Å². The lowest BCUT2D eigenvalue weighted by molar-refractivity contribution is 0.576. The highest BCUT2D eigenvalue weighted by molar-refractivity contribution is 8.13. The fourth-order valence-electron chi connectivity index (χ4n) is 1.69. The van der Waals surface area contributed by atoms with Crippen LogP contribution in [0.25, 0.3) is 0 Å². The maximum atomic E-state index is 11.2. The summed E-state index contributed by atoms with van der Waals surface area (Å²) in [5.74, 6) is 0.808. The van der Waals surface area contributed by atoms with Gasteiger partial charge in [-0.15, -0.1) is 0 Å². The summed E-state index contributed by atoms with van der Waals surface area (Å²) < 4.78 is 24.4. The van der Waals surface area contributed by atoms with Crippen LogP contribution in [-0.4, -0.2) is 18.0 Å². The molecule has 1 rings (SSSR count). The Bertz CT molecular complexity index is 454. The van der Waals surface area contributed by atoms with Crippen LogP contribution in [0.4, 0.5) is 0 Å². The zero-order valence-corrected chi connectivity index (χ0v) is 11.9. The molecule has 0 aliphatic heterocycles. The van der Waals surface area contributed by atoms with Crippen LogP contribution in [-0.2, 0) is 22.0 Å². The van der Waals surface area contributed by atoms with Crippen LogP contribution in [0.1, 0.15) is 45.4 Å². The summed E-state index contributed by atoms with van der Waals surface area (Å²) in [6, 6.07) is 0. The van der Waals surface area contributed by atoms with E-state index in [2.05, 4.69) is 11.9 Å². The Kier molecular flexibility index (Phi) is 5.46. The standard InChI is InChI=1S/C11H19ClN2O2S/c1-3-5-6-8-14-9-11(17(12,15)16)13-10(14)7-4-2/h9H,3-8H2,1-2H3. The molecule has 4 nitrogen and oxygen atoms in total. The number of halogens is 1. The molecule has 6 heteroatoms. The molecule has 0 amide bonds. The maximum absolute atomic E-state index is 11.2. The lowest BCUT2D eigenvalue weighted by Crippen LogP contribution is -2.02. The number of hydrogen-bond acceptors (Lipinski definition) is 3. The van der Waals surface area contributed by atoms with Crippen LogP contribution in [0.3, 0.4) is 0 Å². The predicted octanol–water partition coefficient (Wildman–Crippen LogP) is 2.95. The minimum Gasteiger partial charge on any atom is -0.333 e. The summed E-state index contributed by atoms with van der Waals surface area (Å²) in [6.07, 6.45) is 6.56. The average molecular weight is 279 g/mol. The van der Waals surface area contributed by atoms with E-state index in [1.807, 2.05) is 11.5 Å². The first-order valence-corrected chi connectivity index (χ1v) is 8.30. The van der Waals surface area contributed by atoms with Gasteiger partial charge in [-0.2, -0.15) is 0 Å². The first-order chi connectivity index (χ1) is 7.99. The van der Waals surface area contributed by atoms with Gasteiger partial charge < -0.3 is 4.57 Å². The monoisotopic (exact) mass is 278 g/mol. The van der Waals surface area contributed by atoms with Crippen molar-refractivity contribution >= 4 is 19.7 Å². The first kappa shape index (κ1) is 14.5. The first-order valence-electron chi connectivity index (χ1n) is 5.99. The van der Waals surface area contributed by atoms with E-state index in [-0.39, 0.29) is 5.03 Å². The van der Waals surface area contributed by atoms with Crippen molar-refractivity contribution in [2.24, 2.45) is 0 Å². The van der Waals surface area contributed by atoms with E-state index in [9.17, 15) is 8.42 Å². The van der Waals surface area contributed by atoms with E-state index in [0.29, 0.717) is 0 Å². The summed E-state index contributed by atoms with van der Waals surface area (Å²) in [7, 11) is 1.59. The minimum absolute atomic E-state index is 0.0286. The zero-order chi connectivity index (χ0) is 12.9. The van der Waals surface area contributed by atoms with Gasteiger partial charge in [0.05, 0.1) is 0 Å². The molecule has 0 aliphatic carbocycles. The molecule has 0 atom stereocenters. The third-order valence-corrected chi connectivity index (χ3v) is 3.73. The van der Waals surface area contributed by atoms with Gasteiger partial charge in [0.2, 0.25) is 0 Å². The Labute approximate surface area is 107 Å². The second kappa shape index (κ2) is 6.40. The Morgan fingerprint density at radius 1 is 1.29 bits per heavy atom. The van der Waals surface area contributed by atoms with Crippen molar-refractivity contribution in [3.05, 3.63) is 12.0 Å². The number of rotatable bonds is 7. The normalized spacial score (nSPS) is 11.9. The molecule has 0 fully saturated rings. The molecule has 0 saturated heterocycles. The van der Waals surface area contributed by atoms with Crippen molar-refractivity contribution in [2.75, 3.05) is 0 Å². The summed E-state index contributed by atoms with van der Waals surface area (Å²) >= 11 is 0. The van der Waals surface area contributed by atoms with Crippen molar-refractivity contribution in [2.45, 2.75) is 57.5 Å². The Balaban J connectivity index is 2.89. The van der Waals surface area contributed by atoms with Gasteiger partial charge in [0.15, 0.2) is 5.03 Å². The molecule has 1 aromatic heterocycles. The molecule has 0 aromatic carbocycles. The molecule has 1 aromatic rings. The lowest BCUT2D eigenvalue weighted by atomic mass is 10.2. The van der Waals surface area contributed by atoms with Gasteiger partial charge in [0.1, 0.15) is 5.82 Å². The van der Waals surface area contributed by atoms with Crippen molar-refractivity contribution in [1.82, 2.24) is 9.55 Å². The highest BCUT2D eigenvalue weighted by atomic mass is 35.7. The van der Waals surface area contributed by atoms with E-state index >= 15 is 0 Å². The Morgan fingerprint density at radius 3 is 2.53 bits per heavy atom. The quantitative estimate of drug-likeness (QED) is 0.569. The summed E-state index contributed by atoms with van der Waals surface area (Å²) in [4.78, 5) is 4.09. The second-order valence-electron chi connectivity index (χ2n) is 4.08. The van der Waals surface area contributed by atoms with E-state index in [4.69, 9.17) is 10.7 Å².